The van der Waals surface area contributed by atoms with Gasteiger partial charge in [-0.25, -0.2) is 4.98 Å². The number of aromatic nitrogens is 1. The van der Waals surface area contributed by atoms with Gasteiger partial charge in [-0.2, -0.15) is 5.10 Å². The van der Waals surface area contributed by atoms with Crippen molar-refractivity contribution in [2.75, 3.05) is 11.2 Å². The Morgan fingerprint density at radius 2 is 2.57 bits per heavy atom. The van der Waals surface area contributed by atoms with E-state index in [1.165, 1.54) is 0 Å². The molecule has 0 unspecified atom stereocenters. The number of rotatable bonds is 5. The van der Waals surface area contributed by atoms with E-state index in [4.69, 9.17) is 0 Å². The second-order valence-corrected chi connectivity index (χ2v) is 3.87. The number of hydrazone groups is 1. The summed E-state index contributed by atoms with van der Waals surface area (Å²) in [5, 5.41) is 4.00. The van der Waals surface area contributed by atoms with Crippen molar-refractivity contribution in [3.05, 3.63) is 35.9 Å². The van der Waals surface area contributed by atoms with E-state index in [0.717, 1.165) is 16.5 Å². The van der Waals surface area contributed by atoms with Gasteiger partial charge in [0.1, 0.15) is 5.82 Å². The second-order valence-electron chi connectivity index (χ2n) is 2.48. The molecule has 0 atom stereocenters. The van der Waals surface area contributed by atoms with Gasteiger partial charge in [0.25, 0.3) is 0 Å². The van der Waals surface area contributed by atoms with E-state index >= 15 is 0 Å². The maximum absolute atomic E-state index is 4.06. The van der Waals surface area contributed by atoms with Crippen molar-refractivity contribution < 1.29 is 0 Å². The fourth-order valence-electron chi connectivity index (χ4n) is 0.822. The Morgan fingerprint density at radius 3 is 3.21 bits per heavy atom. The molecule has 1 aromatic rings. The molecule has 3 nitrogen and oxygen atoms in total. The van der Waals surface area contributed by atoms with Crippen molar-refractivity contribution >= 4 is 23.8 Å². The van der Waals surface area contributed by atoms with Crippen LogP contribution in [0.1, 0.15) is 6.92 Å². The first-order valence-corrected chi connectivity index (χ1v) is 5.33. The summed E-state index contributed by atoms with van der Waals surface area (Å²) >= 11 is 1.66. The number of hydrogen-bond donors (Lipinski definition) is 1. The number of thioether (sulfide) groups is 1. The van der Waals surface area contributed by atoms with E-state index in [1.54, 1.807) is 24.2 Å². The van der Waals surface area contributed by atoms with Crippen LogP contribution in [0.25, 0.3) is 0 Å². The lowest BCUT2D eigenvalue weighted by Crippen LogP contribution is -1.91. The first-order valence-electron chi connectivity index (χ1n) is 4.34. The van der Waals surface area contributed by atoms with E-state index in [1.807, 2.05) is 18.2 Å². The van der Waals surface area contributed by atoms with Gasteiger partial charge in [0.05, 0.1) is 6.21 Å². The van der Waals surface area contributed by atoms with Crippen LogP contribution in [0.5, 0.6) is 0 Å². The molecular formula is C10H13N3S. The third kappa shape index (κ3) is 4.09. The van der Waals surface area contributed by atoms with Crippen LogP contribution < -0.4 is 5.43 Å². The van der Waals surface area contributed by atoms with Crippen LogP contribution in [-0.4, -0.2) is 17.0 Å². The summed E-state index contributed by atoms with van der Waals surface area (Å²) in [5.41, 5.74) is 2.82. The highest BCUT2D eigenvalue weighted by Gasteiger charge is 1.88. The fraction of sp³-hybridized carbons (Fsp3) is 0.200. The summed E-state index contributed by atoms with van der Waals surface area (Å²) in [5.74, 6) is 1.74. The van der Waals surface area contributed by atoms with Crippen LogP contribution in [0.15, 0.2) is 41.0 Å². The molecule has 14 heavy (non-hydrogen) atoms. The monoisotopic (exact) mass is 207 g/mol. The molecule has 0 bridgehead atoms. The molecule has 0 saturated heterocycles. The summed E-state index contributed by atoms with van der Waals surface area (Å²) in [6, 6.07) is 5.62. The van der Waals surface area contributed by atoms with Gasteiger partial charge in [-0.1, -0.05) is 19.6 Å². The summed E-state index contributed by atoms with van der Waals surface area (Å²) in [6.45, 7) is 5.91. The van der Waals surface area contributed by atoms with E-state index in [-0.39, 0.29) is 0 Å². The van der Waals surface area contributed by atoms with Crippen molar-refractivity contribution in [1.29, 1.82) is 0 Å². The van der Waals surface area contributed by atoms with Crippen molar-refractivity contribution in [1.82, 2.24) is 4.98 Å². The van der Waals surface area contributed by atoms with E-state index in [9.17, 15) is 0 Å². The minimum atomic E-state index is 0.734. The summed E-state index contributed by atoms with van der Waals surface area (Å²) in [4.78, 5) is 5.00. The minimum Gasteiger partial charge on any atom is -0.261 e. The second kappa shape index (κ2) is 6.21. The third-order valence-electron chi connectivity index (χ3n) is 1.38. The molecule has 0 fully saturated rings. The quantitative estimate of drug-likeness (QED) is 0.596. The first kappa shape index (κ1) is 10.8. The van der Waals surface area contributed by atoms with Crippen molar-refractivity contribution in [3.63, 3.8) is 0 Å². The highest BCUT2D eigenvalue weighted by molar-refractivity contribution is 8.03. The summed E-state index contributed by atoms with van der Waals surface area (Å²) in [6.07, 6.45) is 3.41. The number of pyridine rings is 1. The van der Waals surface area contributed by atoms with Gasteiger partial charge < -0.3 is 0 Å². The molecule has 0 radical (unpaired) electrons. The fourth-order valence-corrected chi connectivity index (χ4v) is 1.32. The minimum absolute atomic E-state index is 0.734. The topological polar surface area (TPSA) is 37.3 Å². The van der Waals surface area contributed by atoms with E-state index in [2.05, 4.69) is 29.0 Å². The maximum Gasteiger partial charge on any atom is 0.146 e. The Labute approximate surface area is 88.3 Å². The van der Waals surface area contributed by atoms with Gasteiger partial charge in [0.15, 0.2) is 0 Å². The van der Waals surface area contributed by atoms with E-state index in [0.29, 0.717) is 0 Å². The number of allylic oxidation sites excluding steroid dienone is 1. The molecule has 4 heteroatoms. The van der Waals surface area contributed by atoms with Gasteiger partial charge in [0.2, 0.25) is 0 Å². The molecule has 74 valence electrons. The number of anilines is 1. The molecule has 1 aromatic heterocycles. The molecule has 0 aliphatic carbocycles. The molecule has 1 N–H and O–H groups in total. The lowest BCUT2D eigenvalue weighted by atomic mass is 10.5. The van der Waals surface area contributed by atoms with Gasteiger partial charge in [-0.15, -0.1) is 11.8 Å². The molecular weight excluding hydrogens is 194 g/mol. The SMILES string of the molecule is C=C(/C=N/Nc1ccccn1)SCC. The van der Waals surface area contributed by atoms with Crippen LogP contribution in [-0.2, 0) is 0 Å². The Morgan fingerprint density at radius 1 is 1.71 bits per heavy atom. The largest absolute Gasteiger partial charge is 0.261 e. The molecule has 0 aliphatic rings. The molecule has 0 aliphatic heterocycles. The molecule has 0 aromatic carbocycles. The predicted octanol–water partition coefficient (Wildman–Crippen LogP) is 2.75. The van der Waals surface area contributed by atoms with Crippen molar-refractivity contribution in [2.24, 2.45) is 5.10 Å². The number of nitrogens with zero attached hydrogens (tertiary/aromatic N) is 2. The van der Waals surface area contributed by atoms with Crippen LogP contribution in [0, 0.1) is 0 Å². The first-order chi connectivity index (χ1) is 6.83. The normalized spacial score (nSPS) is 10.4. The predicted molar refractivity (Wildman–Crippen MR) is 63.6 cm³/mol. The molecule has 0 spiro atoms. The maximum atomic E-state index is 4.06. The van der Waals surface area contributed by atoms with Gasteiger partial charge in [0, 0.05) is 11.1 Å². The zero-order chi connectivity index (χ0) is 10.2. The van der Waals surface area contributed by atoms with Crippen LogP contribution in [0.3, 0.4) is 0 Å². The summed E-state index contributed by atoms with van der Waals surface area (Å²) in [7, 11) is 0. The lowest BCUT2D eigenvalue weighted by Gasteiger charge is -1.97. The Bertz CT molecular complexity index is 308. The lowest BCUT2D eigenvalue weighted by molar-refractivity contribution is 1.23. The van der Waals surface area contributed by atoms with E-state index < -0.39 is 0 Å². The summed E-state index contributed by atoms with van der Waals surface area (Å²) < 4.78 is 0. The highest BCUT2D eigenvalue weighted by Crippen LogP contribution is 2.09. The van der Waals surface area contributed by atoms with Crippen molar-refractivity contribution in [2.45, 2.75) is 6.92 Å². The number of nitrogens with one attached hydrogen (secondary N) is 1. The molecule has 1 rings (SSSR count). The van der Waals surface area contributed by atoms with Crippen LogP contribution in [0.4, 0.5) is 5.82 Å². The standard InChI is InChI=1S/C10H13N3S/c1-3-14-9(2)8-12-13-10-6-4-5-7-11-10/h4-8H,2-3H2,1H3,(H,11,13)/b12-8+. The Balaban J connectivity index is 2.37. The van der Waals surface area contributed by atoms with Gasteiger partial charge >= 0.3 is 0 Å². The highest BCUT2D eigenvalue weighted by atomic mass is 32.2. The van der Waals surface area contributed by atoms with Crippen LogP contribution >= 0.6 is 11.8 Å². The third-order valence-corrected chi connectivity index (χ3v) is 2.15. The zero-order valence-corrected chi connectivity index (χ0v) is 8.92. The average molecular weight is 207 g/mol. The average Bonchev–Trinajstić information content (AvgIpc) is 2.20. The van der Waals surface area contributed by atoms with Gasteiger partial charge in [-0.05, 0) is 17.9 Å². The molecule has 1 heterocycles. The van der Waals surface area contributed by atoms with Gasteiger partial charge in [-0.3, -0.25) is 5.43 Å². The van der Waals surface area contributed by atoms with Crippen molar-refractivity contribution in [3.8, 4) is 0 Å². The Hall–Kier alpha value is -1.29. The Kier molecular flexibility index (Phi) is 4.78. The smallest absolute Gasteiger partial charge is 0.146 e. The number of hydrogen-bond acceptors (Lipinski definition) is 4. The molecule has 0 saturated carbocycles. The zero-order valence-electron chi connectivity index (χ0n) is 8.10. The van der Waals surface area contributed by atoms with Crippen LogP contribution in [0.2, 0.25) is 0 Å². The molecule has 0 amide bonds.